The molecule has 0 aliphatic heterocycles. The van der Waals surface area contributed by atoms with Crippen LogP contribution in [0.4, 0.5) is 10.5 Å². The minimum absolute atomic E-state index is 0.280. The number of carbonyl (C=O) groups excluding carboxylic acids is 1. The lowest BCUT2D eigenvalue weighted by atomic mass is 9.75. The number of ether oxygens (including phenoxy) is 3. The maximum absolute atomic E-state index is 12.3. The van der Waals surface area contributed by atoms with Gasteiger partial charge in [0.15, 0.2) is 11.5 Å². The Morgan fingerprint density at radius 2 is 1.67 bits per heavy atom. The molecule has 2 aliphatic rings. The number of rotatable bonds is 5. The number of aromatic nitrogens is 1. The van der Waals surface area contributed by atoms with Crippen molar-refractivity contribution < 1.29 is 19.0 Å². The van der Waals surface area contributed by atoms with Gasteiger partial charge in [0.2, 0.25) is 0 Å². The van der Waals surface area contributed by atoms with Gasteiger partial charge in [-0.1, -0.05) is 20.3 Å². The van der Waals surface area contributed by atoms with E-state index in [4.69, 9.17) is 19.2 Å². The van der Waals surface area contributed by atoms with Crippen LogP contribution in [0.2, 0.25) is 0 Å². The highest BCUT2D eigenvalue weighted by atomic mass is 16.5. The molecule has 1 fully saturated rings. The number of methoxy groups -OCH3 is 2. The molecule has 1 aromatic heterocycles. The van der Waals surface area contributed by atoms with Crippen molar-refractivity contribution in [1.82, 2.24) is 4.98 Å². The van der Waals surface area contributed by atoms with Gasteiger partial charge in [0.1, 0.15) is 0 Å². The van der Waals surface area contributed by atoms with Crippen molar-refractivity contribution in [3.8, 4) is 11.5 Å². The van der Waals surface area contributed by atoms with E-state index in [2.05, 4.69) is 11.4 Å². The van der Waals surface area contributed by atoms with E-state index in [-0.39, 0.29) is 5.92 Å². The number of amides is 1. The summed E-state index contributed by atoms with van der Waals surface area (Å²) in [5.74, 6) is 3.20. The molecule has 0 spiro atoms. The Morgan fingerprint density at radius 3 is 2.33 bits per heavy atom. The lowest BCUT2D eigenvalue weighted by Gasteiger charge is -2.30. The fourth-order valence-electron chi connectivity index (χ4n) is 5.66. The molecule has 2 unspecified atom stereocenters. The Bertz CT molecular complexity index is 1220. The quantitative estimate of drug-likeness (QED) is 0.476. The second-order valence-corrected chi connectivity index (χ2v) is 9.81. The first-order valence-corrected chi connectivity index (χ1v) is 11.9. The van der Waals surface area contributed by atoms with Gasteiger partial charge in [0, 0.05) is 5.39 Å². The molecule has 1 saturated carbocycles. The van der Waals surface area contributed by atoms with Crippen LogP contribution < -0.4 is 14.8 Å². The van der Waals surface area contributed by atoms with Crippen LogP contribution in [-0.4, -0.2) is 31.9 Å². The maximum Gasteiger partial charge on any atom is 0.411 e. The molecule has 33 heavy (non-hydrogen) atoms. The first kappa shape index (κ1) is 21.8. The highest BCUT2D eigenvalue weighted by Gasteiger charge is 2.34. The summed E-state index contributed by atoms with van der Waals surface area (Å²) in [7, 11) is 3.33. The van der Waals surface area contributed by atoms with Gasteiger partial charge in [-0.2, -0.15) is 0 Å². The zero-order valence-corrected chi connectivity index (χ0v) is 19.9. The van der Waals surface area contributed by atoms with Crippen LogP contribution in [0.15, 0.2) is 24.4 Å². The van der Waals surface area contributed by atoms with Crippen LogP contribution in [0.25, 0.3) is 21.7 Å². The highest BCUT2D eigenvalue weighted by Crippen LogP contribution is 2.47. The van der Waals surface area contributed by atoms with Crippen LogP contribution in [-0.2, 0) is 17.6 Å². The predicted molar refractivity (Wildman–Crippen MR) is 130 cm³/mol. The number of hydrogen-bond donors (Lipinski definition) is 1. The van der Waals surface area contributed by atoms with E-state index in [9.17, 15) is 4.79 Å². The third-order valence-electron chi connectivity index (χ3n) is 7.22. The fourth-order valence-corrected chi connectivity index (χ4v) is 5.66. The van der Waals surface area contributed by atoms with Crippen molar-refractivity contribution in [2.75, 3.05) is 26.1 Å². The molecule has 2 atom stereocenters. The Kier molecular flexibility index (Phi) is 5.77. The molecule has 2 aromatic carbocycles. The van der Waals surface area contributed by atoms with Gasteiger partial charge in [0.05, 0.1) is 38.2 Å². The molecule has 6 nitrogen and oxygen atoms in total. The van der Waals surface area contributed by atoms with E-state index in [1.165, 1.54) is 35.8 Å². The molecule has 0 saturated heterocycles. The van der Waals surface area contributed by atoms with E-state index in [0.717, 1.165) is 46.7 Å². The first-order valence-electron chi connectivity index (χ1n) is 11.9. The summed E-state index contributed by atoms with van der Waals surface area (Å²) < 4.78 is 16.6. The first-order chi connectivity index (χ1) is 16.0. The molecule has 1 heterocycles. The lowest BCUT2D eigenvalue weighted by molar-refractivity contribution is 0.147. The van der Waals surface area contributed by atoms with Gasteiger partial charge >= 0.3 is 6.09 Å². The second kappa shape index (κ2) is 8.73. The zero-order valence-electron chi connectivity index (χ0n) is 19.9. The minimum Gasteiger partial charge on any atom is -0.493 e. The molecular formula is C27H32N2O4. The number of nitrogens with zero attached hydrogens (tertiary/aromatic N) is 1. The molecular weight excluding hydrogens is 416 g/mol. The van der Waals surface area contributed by atoms with Gasteiger partial charge in [-0.3, -0.25) is 10.3 Å². The fraction of sp³-hybridized carbons (Fsp3) is 0.481. The van der Waals surface area contributed by atoms with Gasteiger partial charge < -0.3 is 14.2 Å². The molecule has 5 rings (SSSR count). The molecule has 3 aromatic rings. The Hall–Kier alpha value is -3.02. The number of carbonyl (C=O) groups is 1. The molecule has 174 valence electrons. The van der Waals surface area contributed by atoms with Crippen LogP contribution in [0, 0.1) is 17.8 Å². The molecule has 0 radical (unpaired) electrons. The number of fused-ring (bicyclic) bond motifs is 7. The average Bonchev–Trinajstić information content (AvgIpc) is 3.28. The highest BCUT2D eigenvalue weighted by molar-refractivity contribution is 6.11. The van der Waals surface area contributed by atoms with Crippen molar-refractivity contribution in [3.05, 3.63) is 35.5 Å². The van der Waals surface area contributed by atoms with E-state index in [1.54, 1.807) is 20.4 Å². The number of hydrogen-bond acceptors (Lipinski definition) is 5. The second-order valence-electron chi connectivity index (χ2n) is 9.81. The van der Waals surface area contributed by atoms with Crippen LogP contribution in [0.1, 0.15) is 44.2 Å². The van der Waals surface area contributed by atoms with Crippen LogP contribution in [0.3, 0.4) is 0 Å². The number of anilines is 1. The summed E-state index contributed by atoms with van der Waals surface area (Å²) in [6, 6.07) is 6.16. The van der Waals surface area contributed by atoms with Crippen molar-refractivity contribution in [3.63, 3.8) is 0 Å². The lowest BCUT2D eigenvalue weighted by Crippen LogP contribution is -2.21. The number of pyridine rings is 1. The van der Waals surface area contributed by atoms with E-state index in [0.29, 0.717) is 18.0 Å². The Balaban J connectivity index is 1.67. The van der Waals surface area contributed by atoms with Crippen molar-refractivity contribution in [1.29, 1.82) is 0 Å². The number of nitrogens with one attached hydrogen (secondary N) is 1. The molecule has 6 heteroatoms. The molecule has 1 amide bonds. The minimum atomic E-state index is -0.458. The standard InChI is InChI=1S/C27H32N2O4/c1-15(2)14-33-27(30)29-18-10-23-21-12-25(32-4)24(31-3)11-20(21)19-8-16-6-5-7-17(16)9-22(19)26(23)28-13-18/h10-13,15-17H,5-9,14H2,1-4H3,(H,29,30). The summed E-state index contributed by atoms with van der Waals surface area (Å²) in [6.07, 6.45) is 7.37. The largest absolute Gasteiger partial charge is 0.493 e. The summed E-state index contributed by atoms with van der Waals surface area (Å²) in [5.41, 5.74) is 4.39. The third-order valence-corrected chi connectivity index (χ3v) is 7.22. The van der Waals surface area contributed by atoms with Gasteiger partial charge in [-0.05, 0) is 83.5 Å². The van der Waals surface area contributed by atoms with E-state index >= 15 is 0 Å². The monoisotopic (exact) mass is 448 g/mol. The van der Waals surface area contributed by atoms with Gasteiger partial charge in [0.25, 0.3) is 0 Å². The van der Waals surface area contributed by atoms with Crippen molar-refractivity contribution >= 4 is 33.5 Å². The van der Waals surface area contributed by atoms with Gasteiger partial charge in [-0.15, -0.1) is 0 Å². The third kappa shape index (κ3) is 3.96. The molecule has 1 N–H and O–H groups in total. The summed E-state index contributed by atoms with van der Waals surface area (Å²) in [6.45, 7) is 4.40. The average molecular weight is 449 g/mol. The maximum atomic E-state index is 12.3. The topological polar surface area (TPSA) is 69.7 Å². The summed E-state index contributed by atoms with van der Waals surface area (Å²) in [5, 5.41) is 6.13. The van der Waals surface area contributed by atoms with Crippen LogP contribution in [0.5, 0.6) is 11.5 Å². The Labute approximate surface area is 194 Å². The van der Waals surface area contributed by atoms with Crippen LogP contribution >= 0.6 is 0 Å². The normalized spacial score (nSPS) is 19.4. The van der Waals surface area contributed by atoms with Gasteiger partial charge in [-0.25, -0.2) is 4.79 Å². The summed E-state index contributed by atoms with van der Waals surface area (Å²) >= 11 is 0. The predicted octanol–water partition coefficient (Wildman–Crippen LogP) is 6.12. The van der Waals surface area contributed by atoms with E-state index < -0.39 is 6.09 Å². The molecule has 0 bridgehead atoms. The van der Waals surface area contributed by atoms with E-state index in [1.807, 2.05) is 26.0 Å². The van der Waals surface area contributed by atoms with Crippen molar-refractivity contribution in [2.24, 2.45) is 17.8 Å². The van der Waals surface area contributed by atoms with Crippen molar-refractivity contribution in [2.45, 2.75) is 46.0 Å². The number of benzene rings is 2. The molecule has 2 aliphatic carbocycles. The SMILES string of the molecule is COc1cc2c3c(c4ncc(NC(=O)OCC(C)C)cc4c2cc1OC)CC1CCCC1C3. The summed E-state index contributed by atoms with van der Waals surface area (Å²) in [4.78, 5) is 17.1. The Morgan fingerprint density at radius 1 is 1.00 bits per heavy atom. The smallest absolute Gasteiger partial charge is 0.411 e. The zero-order chi connectivity index (χ0) is 23.1.